The van der Waals surface area contributed by atoms with Crippen molar-refractivity contribution >= 4 is 11.7 Å². The Labute approximate surface area is 119 Å². The molecule has 20 heavy (non-hydrogen) atoms. The molecule has 0 bridgehead atoms. The Hall–Kier alpha value is -1.55. The number of benzene rings is 1. The van der Waals surface area contributed by atoms with E-state index in [-0.39, 0.29) is 5.92 Å². The summed E-state index contributed by atoms with van der Waals surface area (Å²) in [4.78, 5) is 10.9. The first-order valence-electron chi connectivity index (χ1n) is 7.16. The van der Waals surface area contributed by atoms with Crippen molar-refractivity contribution in [2.45, 2.75) is 45.1 Å². The average Bonchev–Trinajstić information content (AvgIpc) is 2.41. The molecule has 0 aliphatic heterocycles. The Kier molecular flexibility index (Phi) is 4.33. The predicted octanol–water partition coefficient (Wildman–Crippen LogP) is 2.72. The van der Waals surface area contributed by atoms with Crippen LogP contribution in [-0.4, -0.2) is 28.3 Å². The maximum Gasteiger partial charge on any atom is 0.306 e. The lowest BCUT2D eigenvalue weighted by Crippen LogP contribution is -2.41. The quantitative estimate of drug-likeness (QED) is 0.791. The number of carbonyl (C=O) groups is 1. The third-order valence-electron chi connectivity index (χ3n) is 4.39. The number of aliphatic carboxylic acids is 1. The minimum Gasteiger partial charge on any atom is -0.481 e. The van der Waals surface area contributed by atoms with Gasteiger partial charge in [-0.25, -0.2) is 0 Å². The highest BCUT2D eigenvalue weighted by Gasteiger charge is 2.35. The van der Waals surface area contributed by atoms with Gasteiger partial charge in [0.25, 0.3) is 0 Å². The van der Waals surface area contributed by atoms with Gasteiger partial charge in [0.2, 0.25) is 0 Å². The molecule has 1 aliphatic carbocycles. The van der Waals surface area contributed by atoms with Crippen molar-refractivity contribution in [1.82, 2.24) is 0 Å². The lowest BCUT2D eigenvalue weighted by Gasteiger charge is -2.35. The number of hydrogen-bond acceptors (Lipinski definition) is 3. The fourth-order valence-electron chi connectivity index (χ4n) is 2.70. The molecule has 110 valence electrons. The Morgan fingerprint density at radius 2 is 1.95 bits per heavy atom. The number of carboxylic acids is 1. The van der Waals surface area contributed by atoms with Crippen LogP contribution >= 0.6 is 0 Å². The molecule has 0 radical (unpaired) electrons. The van der Waals surface area contributed by atoms with Gasteiger partial charge in [-0.15, -0.1) is 0 Å². The molecule has 1 aromatic rings. The van der Waals surface area contributed by atoms with E-state index in [0.717, 1.165) is 5.69 Å². The summed E-state index contributed by atoms with van der Waals surface area (Å²) < 4.78 is 0. The van der Waals surface area contributed by atoms with Gasteiger partial charge in [-0.1, -0.05) is 6.07 Å². The van der Waals surface area contributed by atoms with Gasteiger partial charge in [-0.3, -0.25) is 4.79 Å². The summed E-state index contributed by atoms with van der Waals surface area (Å²) in [5, 5.41) is 22.7. The normalized spacial score (nSPS) is 26.2. The largest absolute Gasteiger partial charge is 0.481 e. The van der Waals surface area contributed by atoms with E-state index in [0.29, 0.717) is 32.2 Å². The molecule has 3 N–H and O–H groups in total. The predicted molar refractivity (Wildman–Crippen MR) is 78.9 cm³/mol. The Bertz CT molecular complexity index is 490. The minimum absolute atomic E-state index is 0.295. The van der Waals surface area contributed by atoms with Crippen molar-refractivity contribution in [1.29, 1.82) is 0 Å². The number of rotatable bonds is 4. The van der Waals surface area contributed by atoms with Gasteiger partial charge in [-0.05, 0) is 62.8 Å². The fourth-order valence-corrected chi connectivity index (χ4v) is 2.70. The van der Waals surface area contributed by atoms with Gasteiger partial charge >= 0.3 is 5.97 Å². The van der Waals surface area contributed by atoms with E-state index in [9.17, 15) is 9.90 Å². The van der Waals surface area contributed by atoms with Crippen LogP contribution in [0.15, 0.2) is 18.2 Å². The number of anilines is 1. The zero-order valence-corrected chi connectivity index (χ0v) is 12.1. The van der Waals surface area contributed by atoms with Crippen LogP contribution in [0.3, 0.4) is 0 Å². The Balaban J connectivity index is 1.90. The van der Waals surface area contributed by atoms with Crippen molar-refractivity contribution in [3.8, 4) is 0 Å². The van der Waals surface area contributed by atoms with Crippen LogP contribution in [0.4, 0.5) is 5.69 Å². The first kappa shape index (κ1) is 14.9. The smallest absolute Gasteiger partial charge is 0.306 e. The molecule has 1 aliphatic rings. The molecule has 0 heterocycles. The van der Waals surface area contributed by atoms with E-state index in [1.165, 1.54) is 11.1 Å². The van der Waals surface area contributed by atoms with Crippen molar-refractivity contribution in [2.75, 3.05) is 11.9 Å². The molecule has 4 nitrogen and oxygen atoms in total. The molecular weight excluding hydrogens is 254 g/mol. The zero-order chi connectivity index (χ0) is 14.8. The van der Waals surface area contributed by atoms with Crippen molar-refractivity contribution < 1.29 is 15.0 Å². The van der Waals surface area contributed by atoms with Crippen molar-refractivity contribution in [3.63, 3.8) is 0 Å². The molecule has 0 unspecified atom stereocenters. The summed E-state index contributed by atoms with van der Waals surface area (Å²) in [6, 6.07) is 6.14. The molecule has 1 fully saturated rings. The highest BCUT2D eigenvalue weighted by Crippen LogP contribution is 2.32. The topological polar surface area (TPSA) is 69.6 Å². The van der Waals surface area contributed by atoms with Crippen molar-refractivity contribution in [3.05, 3.63) is 29.3 Å². The minimum atomic E-state index is -0.787. The molecule has 0 aromatic heterocycles. The maximum absolute atomic E-state index is 10.9. The van der Waals surface area contributed by atoms with Crippen LogP contribution in [-0.2, 0) is 4.79 Å². The molecule has 1 aromatic carbocycles. The van der Waals surface area contributed by atoms with E-state index < -0.39 is 11.6 Å². The van der Waals surface area contributed by atoms with E-state index in [1.807, 2.05) is 6.07 Å². The van der Waals surface area contributed by atoms with E-state index >= 15 is 0 Å². The lowest BCUT2D eigenvalue weighted by molar-refractivity contribution is -0.144. The fraction of sp³-hybridized carbons (Fsp3) is 0.562. The summed E-state index contributed by atoms with van der Waals surface area (Å²) >= 11 is 0. The summed E-state index contributed by atoms with van der Waals surface area (Å²) in [5.41, 5.74) is 2.68. The first-order chi connectivity index (χ1) is 9.39. The molecule has 4 heteroatoms. The molecule has 2 rings (SSSR count). The molecule has 0 amide bonds. The van der Waals surface area contributed by atoms with Gasteiger partial charge < -0.3 is 15.5 Å². The molecular formula is C16H23NO3. The molecule has 0 saturated heterocycles. The second-order valence-electron chi connectivity index (χ2n) is 5.99. The first-order valence-corrected chi connectivity index (χ1v) is 7.16. The van der Waals surface area contributed by atoms with Gasteiger partial charge in [0, 0.05) is 12.2 Å². The Morgan fingerprint density at radius 1 is 1.30 bits per heavy atom. The summed E-state index contributed by atoms with van der Waals surface area (Å²) in [6.45, 7) is 4.61. The summed E-state index contributed by atoms with van der Waals surface area (Å²) in [7, 11) is 0. The third-order valence-corrected chi connectivity index (χ3v) is 4.39. The standard InChI is InChI=1S/C16H23NO3/c1-11-3-4-14(9-12(11)2)17-10-16(20)7-5-13(6-8-16)15(18)19/h3-4,9,13,17,20H,5-8,10H2,1-2H3,(H,18,19). The number of nitrogens with one attached hydrogen (secondary N) is 1. The number of aryl methyl sites for hydroxylation is 2. The van der Waals surface area contributed by atoms with Crippen LogP contribution < -0.4 is 5.32 Å². The van der Waals surface area contributed by atoms with Gasteiger partial charge in [0.15, 0.2) is 0 Å². The number of carboxylic acid groups (broad SMARTS) is 1. The molecule has 1 saturated carbocycles. The maximum atomic E-state index is 10.9. The van der Waals surface area contributed by atoms with Gasteiger partial charge in [-0.2, -0.15) is 0 Å². The van der Waals surface area contributed by atoms with Crippen LogP contribution in [0.25, 0.3) is 0 Å². The zero-order valence-electron chi connectivity index (χ0n) is 12.1. The van der Waals surface area contributed by atoms with Crippen LogP contribution in [0.5, 0.6) is 0 Å². The van der Waals surface area contributed by atoms with Gasteiger partial charge in [0.05, 0.1) is 11.5 Å². The second kappa shape index (κ2) is 5.83. The highest BCUT2D eigenvalue weighted by atomic mass is 16.4. The number of hydrogen-bond donors (Lipinski definition) is 3. The monoisotopic (exact) mass is 277 g/mol. The molecule has 0 atom stereocenters. The van der Waals surface area contributed by atoms with Crippen molar-refractivity contribution in [2.24, 2.45) is 5.92 Å². The Morgan fingerprint density at radius 3 is 2.50 bits per heavy atom. The summed E-state index contributed by atoms with van der Waals surface area (Å²) in [5.74, 6) is -1.04. The van der Waals surface area contributed by atoms with Crippen LogP contribution in [0, 0.1) is 19.8 Å². The highest BCUT2D eigenvalue weighted by molar-refractivity contribution is 5.70. The summed E-state index contributed by atoms with van der Waals surface area (Å²) in [6.07, 6.45) is 2.20. The lowest BCUT2D eigenvalue weighted by atomic mass is 9.79. The number of aliphatic hydroxyl groups is 1. The van der Waals surface area contributed by atoms with Crippen LogP contribution in [0.2, 0.25) is 0 Å². The third kappa shape index (κ3) is 3.51. The van der Waals surface area contributed by atoms with E-state index in [2.05, 4.69) is 31.3 Å². The van der Waals surface area contributed by atoms with E-state index in [4.69, 9.17) is 5.11 Å². The van der Waals surface area contributed by atoms with Crippen LogP contribution in [0.1, 0.15) is 36.8 Å². The second-order valence-corrected chi connectivity index (χ2v) is 5.99. The van der Waals surface area contributed by atoms with E-state index in [1.54, 1.807) is 0 Å². The van der Waals surface area contributed by atoms with Gasteiger partial charge in [0.1, 0.15) is 0 Å². The SMILES string of the molecule is Cc1ccc(NCC2(O)CCC(C(=O)O)CC2)cc1C. The average molecular weight is 277 g/mol. The molecule has 0 spiro atoms.